The van der Waals surface area contributed by atoms with Crippen LogP contribution in [0.2, 0.25) is 0 Å². The summed E-state index contributed by atoms with van der Waals surface area (Å²) in [6, 6.07) is 6.87. The molecule has 0 radical (unpaired) electrons. The summed E-state index contributed by atoms with van der Waals surface area (Å²) in [6.45, 7) is 8.00. The number of imidazole rings is 1. The van der Waals surface area contributed by atoms with E-state index in [0.29, 0.717) is 29.3 Å². The molecule has 0 saturated heterocycles. The maximum absolute atomic E-state index is 14.9. The number of terminal acetylenes is 1. The van der Waals surface area contributed by atoms with Gasteiger partial charge in [-0.1, -0.05) is 12.0 Å². The molecular formula is C26H25F2N7. The lowest BCUT2D eigenvalue weighted by Gasteiger charge is -2.26. The van der Waals surface area contributed by atoms with E-state index < -0.39 is 11.6 Å². The van der Waals surface area contributed by atoms with Crippen molar-refractivity contribution >= 4 is 22.8 Å². The van der Waals surface area contributed by atoms with Crippen molar-refractivity contribution in [2.45, 2.75) is 39.8 Å². The third-order valence-electron chi connectivity index (χ3n) is 6.14. The summed E-state index contributed by atoms with van der Waals surface area (Å²) in [6.07, 6.45) is 7.29. The van der Waals surface area contributed by atoms with Gasteiger partial charge in [-0.2, -0.15) is 0 Å². The lowest BCUT2D eigenvalue weighted by Crippen LogP contribution is -2.31. The van der Waals surface area contributed by atoms with Gasteiger partial charge in [-0.25, -0.2) is 28.7 Å². The number of rotatable bonds is 5. The standard InChI is InChI=1S/C26H25F2N7/c1-5-9-34-10-8-21-17(14-34)6-7-23(31-21)32-26-29-13-20(28)24(33-26)18-11-19(27)25-22(12-18)35(15(2)3)16(4)30-25/h1,6-7,11-13,15H,8-10,14H2,2-4H3,(H,29,31,32,33). The zero-order valence-electron chi connectivity index (χ0n) is 19.8. The number of benzene rings is 1. The zero-order chi connectivity index (χ0) is 24.7. The van der Waals surface area contributed by atoms with Crippen molar-refractivity contribution in [3.8, 4) is 23.6 Å². The molecule has 7 nitrogen and oxygen atoms in total. The maximum atomic E-state index is 14.9. The van der Waals surface area contributed by atoms with Gasteiger partial charge in [0.2, 0.25) is 5.95 Å². The van der Waals surface area contributed by atoms with Gasteiger partial charge in [0.25, 0.3) is 0 Å². The maximum Gasteiger partial charge on any atom is 0.229 e. The van der Waals surface area contributed by atoms with E-state index in [4.69, 9.17) is 6.42 Å². The highest BCUT2D eigenvalue weighted by Crippen LogP contribution is 2.30. The van der Waals surface area contributed by atoms with E-state index in [2.05, 4.69) is 36.1 Å². The highest BCUT2D eigenvalue weighted by atomic mass is 19.1. The van der Waals surface area contributed by atoms with Gasteiger partial charge < -0.3 is 9.88 Å². The van der Waals surface area contributed by atoms with E-state index in [-0.39, 0.29) is 23.2 Å². The summed E-state index contributed by atoms with van der Waals surface area (Å²) >= 11 is 0. The number of pyridine rings is 1. The third-order valence-corrected chi connectivity index (χ3v) is 6.14. The molecule has 178 valence electrons. The Morgan fingerprint density at radius 2 is 1.97 bits per heavy atom. The van der Waals surface area contributed by atoms with Gasteiger partial charge in [0.05, 0.1) is 18.3 Å². The molecule has 3 aromatic heterocycles. The van der Waals surface area contributed by atoms with Crippen LogP contribution in [-0.2, 0) is 13.0 Å². The Hall–Kier alpha value is -3.90. The van der Waals surface area contributed by atoms with Crippen LogP contribution in [0.5, 0.6) is 0 Å². The lowest BCUT2D eigenvalue weighted by atomic mass is 10.1. The van der Waals surface area contributed by atoms with Crippen LogP contribution in [0.15, 0.2) is 30.5 Å². The molecule has 4 aromatic rings. The number of nitrogens with zero attached hydrogens (tertiary/aromatic N) is 6. The third kappa shape index (κ3) is 4.33. The Bertz CT molecular complexity index is 1470. The predicted octanol–water partition coefficient (Wildman–Crippen LogP) is 4.79. The summed E-state index contributed by atoms with van der Waals surface area (Å²) in [7, 11) is 0. The number of nitrogens with one attached hydrogen (secondary N) is 1. The Labute approximate surface area is 202 Å². The predicted molar refractivity (Wildman–Crippen MR) is 131 cm³/mol. The molecule has 0 spiro atoms. The molecular weight excluding hydrogens is 448 g/mol. The molecule has 1 aliphatic rings. The minimum Gasteiger partial charge on any atom is -0.326 e. The molecule has 9 heteroatoms. The topological polar surface area (TPSA) is 71.8 Å². The van der Waals surface area contributed by atoms with Gasteiger partial charge in [-0.15, -0.1) is 6.42 Å². The summed E-state index contributed by atoms with van der Waals surface area (Å²) in [4.78, 5) is 19.6. The first-order chi connectivity index (χ1) is 16.8. The van der Waals surface area contributed by atoms with Gasteiger partial charge in [-0.05, 0) is 44.5 Å². The molecule has 1 aromatic carbocycles. The molecule has 1 aliphatic heterocycles. The fraction of sp³-hybridized carbons (Fsp3) is 0.308. The van der Waals surface area contributed by atoms with Crippen molar-refractivity contribution < 1.29 is 8.78 Å². The largest absolute Gasteiger partial charge is 0.326 e. The van der Waals surface area contributed by atoms with Gasteiger partial charge in [0, 0.05) is 36.8 Å². The lowest BCUT2D eigenvalue weighted by molar-refractivity contribution is 0.284. The van der Waals surface area contributed by atoms with E-state index in [1.807, 2.05) is 37.5 Å². The van der Waals surface area contributed by atoms with E-state index in [1.54, 1.807) is 6.07 Å². The molecule has 0 amide bonds. The van der Waals surface area contributed by atoms with Crippen molar-refractivity contribution in [1.29, 1.82) is 0 Å². The Balaban J connectivity index is 1.47. The van der Waals surface area contributed by atoms with Crippen LogP contribution in [0.4, 0.5) is 20.5 Å². The summed E-state index contributed by atoms with van der Waals surface area (Å²) < 4.78 is 31.6. The molecule has 0 bridgehead atoms. The Morgan fingerprint density at radius 3 is 2.74 bits per heavy atom. The fourth-order valence-corrected chi connectivity index (χ4v) is 4.61. The van der Waals surface area contributed by atoms with Crippen LogP contribution >= 0.6 is 0 Å². The highest BCUT2D eigenvalue weighted by molar-refractivity contribution is 5.83. The van der Waals surface area contributed by atoms with E-state index in [9.17, 15) is 8.78 Å². The van der Waals surface area contributed by atoms with E-state index >= 15 is 0 Å². The number of hydrogen-bond donors (Lipinski definition) is 1. The van der Waals surface area contributed by atoms with Crippen molar-refractivity contribution in [3.63, 3.8) is 0 Å². The van der Waals surface area contributed by atoms with Crippen molar-refractivity contribution in [1.82, 2.24) is 29.4 Å². The van der Waals surface area contributed by atoms with Crippen LogP contribution in [0.1, 0.15) is 37.0 Å². The van der Waals surface area contributed by atoms with Crippen molar-refractivity contribution in [3.05, 3.63) is 59.2 Å². The SMILES string of the molecule is C#CCN1CCc2nc(Nc3ncc(F)c(-c4cc(F)c5nc(C)n(C(C)C)c5c4)n3)ccc2C1. The molecule has 35 heavy (non-hydrogen) atoms. The van der Waals surface area contributed by atoms with Gasteiger partial charge in [0.15, 0.2) is 11.6 Å². The molecule has 0 fully saturated rings. The van der Waals surface area contributed by atoms with Crippen molar-refractivity contribution in [2.24, 2.45) is 0 Å². The number of anilines is 2. The first-order valence-corrected chi connectivity index (χ1v) is 11.5. The van der Waals surface area contributed by atoms with Crippen LogP contribution in [0.3, 0.4) is 0 Å². The second-order valence-corrected chi connectivity index (χ2v) is 8.93. The van der Waals surface area contributed by atoms with E-state index in [0.717, 1.165) is 37.0 Å². The molecule has 5 rings (SSSR count). The average Bonchev–Trinajstić information content (AvgIpc) is 3.17. The number of fused-ring (bicyclic) bond motifs is 2. The van der Waals surface area contributed by atoms with Crippen molar-refractivity contribution in [2.75, 3.05) is 18.4 Å². The molecule has 1 N–H and O–H groups in total. The minimum atomic E-state index is -0.645. The van der Waals surface area contributed by atoms with Crippen LogP contribution in [-0.4, -0.2) is 42.5 Å². The van der Waals surface area contributed by atoms with Crippen LogP contribution in [0.25, 0.3) is 22.3 Å². The second-order valence-electron chi connectivity index (χ2n) is 8.93. The second kappa shape index (κ2) is 9.04. The number of aromatic nitrogens is 5. The highest BCUT2D eigenvalue weighted by Gasteiger charge is 2.20. The summed E-state index contributed by atoms with van der Waals surface area (Å²) in [5, 5.41) is 3.06. The first kappa shape index (κ1) is 22.9. The van der Waals surface area contributed by atoms with E-state index in [1.165, 1.54) is 6.07 Å². The fourth-order valence-electron chi connectivity index (χ4n) is 4.61. The monoisotopic (exact) mass is 473 g/mol. The van der Waals surface area contributed by atoms with Gasteiger partial charge >= 0.3 is 0 Å². The first-order valence-electron chi connectivity index (χ1n) is 11.5. The normalized spacial score (nSPS) is 13.7. The molecule has 4 heterocycles. The molecule has 0 atom stereocenters. The molecule has 0 aliphatic carbocycles. The summed E-state index contributed by atoms with van der Waals surface area (Å²) in [5.74, 6) is 2.93. The number of halogens is 2. The quantitative estimate of drug-likeness (QED) is 0.420. The number of hydrogen-bond acceptors (Lipinski definition) is 6. The molecule has 0 unspecified atom stereocenters. The average molecular weight is 474 g/mol. The van der Waals surface area contributed by atoms with Crippen LogP contribution in [0, 0.1) is 30.9 Å². The molecule has 0 saturated carbocycles. The minimum absolute atomic E-state index is 0.000320. The van der Waals surface area contributed by atoms with Gasteiger partial charge in [-0.3, -0.25) is 4.90 Å². The smallest absolute Gasteiger partial charge is 0.229 e. The Morgan fingerprint density at radius 1 is 1.14 bits per heavy atom. The van der Waals surface area contributed by atoms with Crippen LogP contribution < -0.4 is 5.32 Å². The van der Waals surface area contributed by atoms with Gasteiger partial charge in [0.1, 0.15) is 22.9 Å². The number of aryl methyl sites for hydroxylation is 1. The zero-order valence-corrected chi connectivity index (χ0v) is 19.8. The summed E-state index contributed by atoms with van der Waals surface area (Å²) in [5.41, 5.74) is 3.27. The Kier molecular flexibility index (Phi) is 5.91.